The second-order valence-electron chi connectivity index (χ2n) is 4.05. The molecule has 2 heterocycles. The maximum atomic E-state index is 8.63. The Bertz CT molecular complexity index is 360. The maximum Gasteiger partial charge on any atom is 0.125 e. The Labute approximate surface area is 95.7 Å². The highest BCUT2D eigenvalue weighted by Gasteiger charge is 2.12. The molecule has 0 bridgehead atoms. The van der Waals surface area contributed by atoms with Crippen molar-refractivity contribution in [3.8, 4) is 6.07 Å². The van der Waals surface area contributed by atoms with Crippen molar-refractivity contribution in [2.75, 3.05) is 18.4 Å². The summed E-state index contributed by atoms with van der Waals surface area (Å²) in [6.45, 7) is 2.08. The lowest BCUT2D eigenvalue weighted by atomic mass is 10.1. The van der Waals surface area contributed by atoms with Crippen LogP contribution >= 0.6 is 0 Å². The number of pyridine rings is 1. The largest absolute Gasteiger partial charge is 0.370 e. The molecule has 1 atom stereocenters. The van der Waals surface area contributed by atoms with Gasteiger partial charge in [-0.3, -0.25) is 0 Å². The van der Waals surface area contributed by atoms with Gasteiger partial charge < -0.3 is 10.6 Å². The Kier molecular flexibility index (Phi) is 3.73. The number of nitrogens with zero attached hydrogens (tertiary/aromatic N) is 2. The average molecular weight is 216 g/mol. The van der Waals surface area contributed by atoms with Gasteiger partial charge in [-0.1, -0.05) is 0 Å². The number of aromatic nitrogens is 1. The van der Waals surface area contributed by atoms with E-state index in [4.69, 9.17) is 5.26 Å². The highest BCUT2D eigenvalue weighted by atomic mass is 15.0. The van der Waals surface area contributed by atoms with E-state index in [1.165, 1.54) is 12.8 Å². The van der Waals surface area contributed by atoms with E-state index in [1.807, 2.05) is 6.07 Å². The van der Waals surface area contributed by atoms with Crippen molar-refractivity contribution >= 4 is 5.82 Å². The van der Waals surface area contributed by atoms with Crippen molar-refractivity contribution < 1.29 is 0 Å². The molecule has 16 heavy (non-hydrogen) atoms. The number of rotatable bonds is 4. The van der Waals surface area contributed by atoms with E-state index in [1.54, 1.807) is 12.3 Å². The maximum absolute atomic E-state index is 8.63. The summed E-state index contributed by atoms with van der Waals surface area (Å²) in [5.41, 5.74) is 0.600. The van der Waals surface area contributed by atoms with E-state index in [2.05, 4.69) is 21.7 Å². The molecule has 4 heteroatoms. The number of hydrogen-bond acceptors (Lipinski definition) is 4. The first kappa shape index (κ1) is 10.9. The van der Waals surface area contributed by atoms with Gasteiger partial charge >= 0.3 is 0 Å². The minimum absolute atomic E-state index is 0.600. The predicted octanol–water partition coefficient (Wildman–Crippen LogP) is 1.51. The summed E-state index contributed by atoms with van der Waals surface area (Å²) in [7, 11) is 0. The minimum Gasteiger partial charge on any atom is -0.370 e. The Balaban J connectivity index is 1.74. The first-order valence-corrected chi connectivity index (χ1v) is 5.72. The third-order valence-corrected chi connectivity index (χ3v) is 2.85. The zero-order chi connectivity index (χ0) is 11.2. The van der Waals surface area contributed by atoms with E-state index >= 15 is 0 Å². The predicted molar refractivity (Wildman–Crippen MR) is 63.1 cm³/mol. The lowest BCUT2D eigenvalue weighted by molar-refractivity contribution is 0.574. The molecule has 1 fully saturated rings. The zero-order valence-electron chi connectivity index (χ0n) is 9.24. The Morgan fingerprint density at radius 2 is 2.50 bits per heavy atom. The molecule has 2 N–H and O–H groups in total. The monoisotopic (exact) mass is 216 g/mol. The third kappa shape index (κ3) is 2.94. The van der Waals surface area contributed by atoms with Gasteiger partial charge in [0.25, 0.3) is 0 Å². The molecule has 1 aromatic rings. The van der Waals surface area contributed by atoms with Crippen LogP contribution in [0.4, 0.5) is 5.82 Å². The molecule has 4 nitrogen and oxygen atoms in total. The van der Waals surface area contributed by atoms with Crippen LogP contribution in [0.2, 0.25) is 0 Å². The summed E-state index contributed by atoms with van der Waals surface area (Å²) in [6.07, 6.45) is 5.29. The van der Waals surface area contributed by atoms with Gasteiger partial charge in [-0.05, 0) is 37.9 Å². The number of nitrogens with one attached hydrogen (secondary N) is 2. The second-order valence-corrected chi connectivity index (χ2v) is 4.05. The van der Waals surface area contributed by atoms with Crippen molar-refractivity contribution in [3.05, 3.63) is 23.9 Å². The number of nitriles is 1. The van der Waals surface area contributed by atoms with Crippen LogP contribution in [0.25, 0.3) is 0 Å². The van der Waals surface area contributed by atoms with Crippen molar-refractivity contribution in [1.82, 2.24) is 10.3 Å². The standard InChI is InChI=1S/C12H16N4/c13-8-10-3-4-12(16-9-10)15-7-5-11-2-1-6-14-11/h3-4,9,11,14H,1-2,5-7H2,(H,15,16)/t11-/m0/s1. The van der Waals surface area contributed by atoms with Crippen LogP contribution in [0.5, 0.6) is 0 Å². The molecular weight excluding hydrogens is 200 g/mol. The van der Waals surface area contributed by atoms with Gasteiger partial charge in [0.1, 0.15) is 11.9 Å². The van der Waals surface area contributed by atoms with Gasteiger partial charge in [0.05, 0.1) is 5.56 Å². The molecule has 1 aliphatic heterocycles. The Morgan fingerprint density at radius 1 is 1.56 bits per heavy atom. The van der Waals surface area contributed by atoms with Crippen LogP contribution in [-0.4, -0.2) is 24.1 Å². The second kappa shape index (κ2) is 5.47. The first-order valence-electron chi connectivity index (χ1n) is 5.72. The molecule has 2 rings (SSSR count). The topological polar surface area (TPSA) is 60.7 Å². The Hall–Kier alpha value is -1.60. The third-order valence-electron chi connectivity index (χ3n) is 2.85. The summed E-state index contributed by atoms with van der Waals surface area (Å²) < 4.78 is 0. The van der Waals surface area contributed by atoms with Gasteiger partial charge in [0.15, 0.2) is 0 Å². The normalized spacial score (nSPS) is 19.3. The summed E-state index contributed by atoms with van der Waals surface area (Å²) in [6, 6.07) is 6.34. The van der Waals surface area contributed by atoms with Crippen LogP contribution in [0.3, 0.4) is 0 Å². The summed E-state index contributed by atoms with van der Waals surface area (Å²) in [4.78, 5) is 4.16. The first-order chi connectivity index (χ1) is 7.88. The van der Waals surface area contributed by atoms with Crippen molar-refractivity contribution in [2.45, 2.75) is 25.3 Å². The van der Waals surface area contributed by atoms with Crippen LogP contribution in [0.15, 0.2) is 18.3 Å². The van der Waals surface area contributed by atoms with E-state index in [0.717, 1.165) is 25.3 Å². The molecule has 0 aromatic carbocycles. The molecule has 1 saturated heterocycles. The lowest BCUT2D eigenvalue weighted by Crippen LogP contribution is -2.24. The van der Waals surface area contributed by atoms with Crippen LogP contribution in [-0.2, 0) is 0 Å². The molecule has 1 aliphatic rings. The van der Waals surface area contributed by atoms with Crippen LogP contribution in [0, 0.1) is 11.3 Å². The SMILES string of the molecule is N#Cc1ccc(NCC[C@@H]2CCCN2)nc1. The Morgan fingerprint density at radius 3 is 3.12 bits per heavy atom. The summed E-state index contributed by atoms with van der Waals surface area (Å²) >= 11 is 0. The van der Waals surface area contributed by atoms with Crippen molar-refractivity contribution in [2.24, 2.45) is 0 Å². The highest BCUT2D eigenvalue weighted by Crippen LogP contribution is 2.09. The fourth-order valence-electron chi connectivity index (χ4n) is 1.94. The molecule has 0 radical (unpaired) electrons. The quantitative estimate of drug-likeness (QED) is 0.801. The van der Waals surface area contributed by atoms with Gasteiger partial charge in [0.2, 0.25) is 0 Å². The van der Waals surface area contributed by atoms with E-state index in [0.29, 0.717) is 11.6 Å². The summed E-state index contributed by atoms with van der Waals surface area (Å²) in [5.74, 6) is 0.844. The molecule has 1 aromatic heterocycles. The molecule has 0 saturated carbocycles. The molecule has 0 spiro atoms. The number of anilines is 1. The minimum atomic E-state index is 0.600. The molecule has 0 aliphatic carbocycles. The average Bonchev–Trinajstić information content (AvgIpc) is 2.83. The van der Waals surface area contributed by atoms with Crippen LogP contribution in [0.1, 0.15) is 24.8 Å². The molecule has 0 unspecified atom stereocenters. The number of hydrogen-bond donors (Lipinski definition) is 2. The van der Waals surface area contributed by atoms with Gasteiger partial charge in [-0.25, -0.2) is 4.98 Å². The van der Waals surface area contributed by atoms with E-state index < -0.39 is 0 Å². The van der Waals surface area contributed by atoms with E-state index in [9.17, 15) is 0 Å². The molecular formula is C12H16N4. The van der Waals surface area contributed by atoms with E-state index in [-0.39, 0.29) is 0 Å². The molecule has 0 amide bonds. The highest BCUT2D eigenvalue weighted by molar-refractivity contribution is 5.38. The fourth-order valence-corrected chi connectivity index (χ4v) is 1.94. The van der Waals surface area contributed by atoms with Gasteiger partial charge in [0, 0.05) is 18.8 Å². The van der Waals surface area contributed by atoms with Crippen LogP contribution < -0.4 is 10.6 Å². The smallest absolute Gasteiger partial charge is 0.125 e. The fraction of sp³-hybridized carbons (Fsp3) is 0.500. The lowest BCUT2D eigenvalue weighted by Gasteiger charge is -2.10. The van der Waals surface area contributed by atoms with Gasteiger partial charge in [-0.2, -0.15) is 5.26 Å². The molecule has 84 valence electrons. The summed E-state index contributed by atoms with van der Waals surface area (Å²) in [5, 5.41) is 15.3. The van der Waals surface area contributed by atoms with Gasteiger partial charge in [-0.15, -0.1) is 0 Å². The van der Waals surface area contributed by atoms with Crippen molar-refractivity contribution in [1.29, 1.82) is 5.26 Å². The van der Waals surface area contributed by atoms with Crippen molar-refractivity contribution in [3.63, 3.8) is 0 Å². The zero-order valence-corrected chi connectivity index (χ0v) is 9.24.